The maximum atomic E-state index is 12.2. The summed E-state index contributed by atoms with van der Waals surface area (Å²) >= 11 is 1.52. The van der Waals surface area contributed by atoms with Gasteiger partial charge in [-0.3, -0.25) is 20.0 Å². The van der Waals surface area contributed by atoms with Crippen LogP contribution in [0.2, 0.25) is 0 Å². The number of hydrogen-bond acceptors (Lipinski definition) is 5. The fourth-order valence-corrected chi connectivity index (χ4v) is 2.61. The van der Waals surface area contributed by atoms with Crippen LogP contribution in [-0.4, -0.2) is 21.0 Å². The van der Waals surface area contributed by atoms with Gasteiger partial charge < -0.3 is 5.32 Å². The number of nitrogens with one attached hydrogen (secondary N) is 2. The number of nitro groups is 1. The second kappa shape index (κ2) is 5.78. The molecule has 0 aliphatic carbocycles. The fraction of sp³-hybridized carbons (Fsp3) is 0. The first-order chi connectivity index (χ1) is 10.6. The SMILES string of the molecule is O=C(Nc1ccccc1[N+](=O)[O-])c1cc(-c2cccs2)[nH]n1. The topological polar surface area (TPSA) is 101 Å². The van der Waals surface area contributed by atoms with E-state index in [0.29, 0.717) is 0 Å². The quantitative estimate of drug-likeness (QED) is 0.570. The molecule has 3 aromatic rings. The van der Waals surface area contributed by atoms with E-state index >= 15 is 0 Å². The molecule has 3 rings (SSSR count). The maximum Gasteiger partial charge on any atom is 0.292 e. The van der Waals surface area contributed by atoms with Crippen LogP contribution in [0.5, 0.6) is 0 Å². The molecule has 0 saturated carbocycles. The van der Waals surface area contributed by atoms with Crippen molar-refractivity contribution in [3.63, 3.8) is 0 Å². The molecule has 8 heteroatoms. The second-order valence-electron chi connectivity index (χ2n) is 4.37. The molecular weight excluding hydrogens is 304 g/mol. The lowest BCUT2D eigenvalue weighted by atomic mass is 10.2. The van der Waals surface area contributed by atoms with Crippen LogP contribution in [0.15, 0.2) is 47.8 Å². The largest absolute Gasteiger partial charge is 0.315 e. The van der Waals surface area contributed by atoms with E-state index in [0.717, 1.165) is 10.6 Å². The molecule has 110 valence electrons. The molecule has 0 aliphatic rings. The van der Waals surface area contributed by atoms with Gasteiger partial charge in [0, 0.05) is 6.07 Å². The molecule has 2 N–H and O–H groups in total. The van der Waals surface area contributed by atoms with Gasteiger partial charge in [0.2, 0.25) is 0 Å². The van der Waals surface area contributed by atoms with E-state index in [4.69, 9.17) is 0 Å². The highest BCUT2D eigenvalue weighted by atomic mass is 32.1. The van der Waals surface area contributed by atoms with Crippen molar-refractivity contribution in [2.24, 2.45) is 0 Å². The highest BCUT2D eigenvalue weighted by molar-refractivity contribution is 7.13. The number of hydrogen-bond donors (Lipinski definition) is 2. The van der Waals surface area contributed by atoms with Crippen molar-refractivity contribution in [2.75, 3.05) is 5.32 Å². The molecule has 0 atom stereocenters. The Bertz CT molecular complexity index is 826. The van der Waals surface area contributed by atoms with Crippen LogP contribution in [-0.2, 0) is 0 Å². The lowest BCUT2D eigenvalue weighted by molar-refractivity contribution is -0.383. The Morgan fingerprint density at radius 1 is 1.27 bits per heavy atom. The summed E-state index contributed by atoms with van der Waals surface area (Å²) in [6.45, 7) is 0. The number of carbonyl (C=O) groups excluding carboxylic acids is 1. The molecule has 0 radical (unpaired) electrons. The third-order valence-electron chi connectivity index (χ3n) is 2.95. The number of carbonyl (C=O) groups is 1. The number of aromatic amines is 1. The Morgan fingerprint density at radius 3 is 2.82 bits per heavy atom. The lowest BCUT2D eigenvalue weighted by Crippen LogP contribution is -2.13. The number of H-pyrrole nitrogens is 1. The van der Waals surface area contributed by atoms with Gasteiger partial charge in [0.15, 0.2) is 5.69 Å². The van der Waals surface area contributed by atoms with Crippen molar-refractivity contribution in [1.29, 1.82) is 0 Å². The zero-order valence-electron chi connectivity index (χ0n) is 11.1. The van der Waals surface area contributed by atoms with E-state index < -0.39 is 10.8 Å². The van der Waals surface area contributed by atoms with E-state index in [2.05, 4.69) is 15.5 Å². The first-order valence-electron chi connectivity index (χ1n) is 6.29. The van der Waals surface area contributed by atoms with E-state index in [-0.39, 0.29) is 17.1 Å². The number of para-hydroxylation sites is 2. The van der Waals surface area contributed by atoms with E-state index in [9.17, 15) is 14.9 Å². The number of nitro benzene ring substituents is 1. The molecule has 7 nitrogen and oxygen atoms in total. The van der Waals surface area contributed by atoms with Crippen LogP contribution >= 0.6 is 11.3 Å². The molecule has 0 unspecified atom stereocenters. The van der Waals surface area contributed by atoms with E-state index in [1.807, 2.05) is 17.5 Å². The second-order valence-corrected chi connectivity index (χ2v) is 5.32. The Hall–Kier alpha value is -3.00. The summed E-state index contributed by atoms with van der Waals surface area (Å²) in [5, 5.41) is 22.1. The molecule has 1 aromatic carbocycles. The number of amides is 1. The van der Waals surface area contributed by atoms with Gasteiger partial charge in [-0.2, -0.15) is 5.10 Å². The van der Waals surface area contributed by atoms with Crippen LogP contribution in [0.25, 0.3) is 10.6 Å². The molecule has 1 amide bonds. The molecule has 0 saturated heterocycles. The average molecular weight is 314 g/mol. The summed E-state index contributed by atoms with van der Waals surface area (Å²) in [4.78, 5) is 23.5. The van der Waals surface area contributed by atoms with Gasteiger partial charge in [-0.05, 0) is 23.6 Å². The van der Waals surface area contributed by atoms with Crippen molar-refractivity contribution < 1.29 is 9.72 Å². The van der Waals surface area contributed by atoms with Gasteiger partial charge in [-0.15, -0.1) is 11.3 Å². The number of aromatic nitrogens is 2. The van der Waals surface area contributed by atoms with Crippen LogP contribution in [0.3, 0.4) is 0 Å². The average Bonchev–Trinajstić information content (AvgIpc) is 3.18. The Labute approximate surface area is 128 Å². The minimum atomic E-state index is -0.544. The minimum absolute atomic E-state index is 0.137. The molecule has 22 heavy (non-hydrogen) atoms. The highest BCUT2D eigenvalue weighted by Crippen LogP contribution is 2.25. The molecule has 2 heterocycles. The van der Waals surface area contributed by atoms with Gasteiger partial charge in [-0.25, -0.2) is 0 Å². The first-order valence-corrected chi connectivity index (χ1v) is 7.17. The van der Waals surface area contributed by atoms with E-state index in [1.54, 1.807) is 12.1 Å². The maximum absolute atomic E-state index is 12.2. The standard InChI is InChI=1S/C14H10N4O3S/c19-14(15-9-4-1-2-5-12(9)18(20)21)11-8-10(16-17-11)13-6-3-7-22-13/h1-8H,(H,15,19)(H,16,17). The Balaban J connectivity index is 1.82. The van der Waals surface area contributed by atoms with Crippen LogP contribution in [0.4, 0.5) is 11.4 Å². The third-order valence-corrected chi connectivity index (χ3v) is 3.85. The number of thiophene rings is 1. The number of benzene rings is 1. The lowest BCUT2D eigenvalue weighted by Gasteiger charge is -2.03. The first kappa shape index (κ1) is 14.0. The van der Waals surface area contributed by atoms with Gasteiger partial charge in [0.05, 0.1) is 15.5 Å². The van der Waals surface area contributed by atoms with Gasteiger partial charge in [-0.1, -0.05) is 18.2 Å². The summed E-state index contributed by atoms with van der Waals surface area (Å²) in [7, 11) is 0. The molecule has 0 spiro atoms. The summed E-state index contributed by atoms with van der Waals surface area (Å²) in [6, 6.07) is 11.4. The zero-order valence-corrected chi connectivity index (χ0v) is 12.0. The molecule has 0 bridgehead atoms. The van der Waals surface area contributed by atoms with Crippen molar-refractivity contribution in [3.05, 3.63) is 63.7 Å². The number of anilines is 1. The normalized spacial score (nSPS) is 10.4. The van der Waals surface area contributed by atoms with Crippen molar-refractivity contribution in [1.82, 2.24) is 10.2 Å². The molecular formula is C14H10N4O3S. The minimum Gasteiger partial charge on any atom is -0.315 e. The van der Waals surface area contributed by atoms with Crippen molar-refractivity contribution >= 4 is 28.6 Å². The predicted octanol–water partition coefficient (Wildman–Crippen LogP) is 3.30. The summed E-state index contributed by atoms with van der Waals surface area (Å²) in [5.41, 5.74) is 0.868. The van der Waals surface area contributed by atoms with Crippen molar-refractivity contribution in [2.45, 2.75) is 0 Å². The third kappa shape index (κ3) is 2.72. The Kier molecular flexibility index (Phi) is 3.67. The fourth-order valence-electron chi connectivity index (χ4n) is 1.92. The van der Waals surface area contributed by atoms with Gasteiger partial charge in [0.1, 0.15) is 5.69 Å². The summed E-state index contributed by atoms with van der Waals surface area (Å²) < 4.78 is 0. The molecule has 0 fully saturated rings. The van der Waals surface area contributed by atoms with E-state index in [1.165, 1.54) is 29.5 Å². The monoisotopic (exact) mass is 314 g/mol. The predicted molar refractivity (Wildman–Crippen MR) is 83.0 cm³/mol. The highest BCUT2D eigenvalue weighted by Gasteiger charge is 2.17. The van der Waals surface area contributed by atoms with Crippen LogP contribution in [0, 0.1) is 10.1 Å². The number of rotatable bonds is 4. The molecule has 0 aliphatic heterocycles. The number of nitrogens with zero attached hydrogens (tertiary/aromatic N) is 2. The zero-order chi connectivity index (χ0) is 15.5. The van der Waals surface area contributed by atoms with Crippen LogP contribution in [0.1, 0.15) is 10.5 Å². The van der Waals surface area contributed by atoms with Crippen LogP contribution < -0.4 is 5.32 Å². The van der Waals surface area contributed by atoms with Gasteiger partial charge in [0.25, 0.3) is 11.6 Å². The van der Waals surface area contributed by atoms with Gasteiger partial charge >= 0.3 is 0 Å². The molecule has 2 aromatic heterocycles. The smallest absolute Gasteiger partial charge is 0.292 e. The summed E-state index contributed by atoms with van der Waals surface area (Å²) in [6.07, 6.45) is 0. The Morgan fingerprint density at radius 2 is 2.09 bits per heavy atom. The summed E-state index contributed by atoms with van der Waals surface area (Å²) in [5.74, 6) is -0.506. The van der Waals surface area contributed by atoms with Crippen molar-refractivity contribution in [3.8, 4) is 10.6 Å².